The molecule has 0 radical (unpaired) electrons. The molecule has 0 bridgehead atoms. The smallest absolute Gasteiger partial charge is 0.330 e. The zero-order valence-electron chi connectivity index (χ0n) is 21.4. The minimum Gasteiger partial charge on any atom is -0.352 e. The number of rotatable bonds is 6. The van der Waals surface area contributed by atoms with E-state index in [0.29, 0.717) is 25.1 Å². The van der Waals surface area contributed by atoms with Crippen molar-refractivity contribution in [3.8, 4) is 11.3 Å². The van der Waals surface area contributed by atoms with Gasteiger partial charge in [-0.1, -0.05) is 23.8 Å². The van der Waals surface area contributed by atoms with Gasteiger partial charge in [0, 0.05) is 31.3 Å². The number of nitrogens with one attached hydrogen (secondary N) is 1. The predicted octanol–water partition coefficient (Wildman–Crippen LogP) is 4.10. The van der Waals surface area contributed by atoms with Crippen molar-refractivity contribution in [2.24, 2.45) is 10.7 Å². The van der Waals surface area contributed by atoms with Crippen molar-refractivity contribution in [1.29, 1.82) is 0 Å². The first-order chi connectivity index (χ1) is 16.7. The maximum atomic E-state index is 13.8. The fourth-order valence-corrected chi connectivity index (χ4v) is 4.99. The van der Waals surface area contributed by atoms with Crippen LogP contribution < -0.4 is 22.2 Å². The molecular weight excluding hydrogens is 438 g/mol. The van der Waals surface area contributed by atoms with Crippen molar-refractivity contribution >= 4 is 11.7 Å². The Hall–Kier alpha value is -3.61. The number of carbonyl (C=O) groups excluding carboxylic acids is 1. The number of urea groups is 1. The summed E-state index contributed by atoms with van der Waals surface area (Å²) >= 11 is 0. The molecular formula is C28H35N5O2. The van der Waals surface area contributed by atoms with Gasteiger partial charge in [-0.05, 0) is 87.8 Å². The highest BCUT2D eigenvalue weighted by molar-refractivity contribution is 5.71. The molecule has 2 amide bonds. The monoisotopic (exact) mass is 473 g/mol. The summed E-state index contributed by atoms with van der Waals surface area (Å²) in [5.74, 6) is 0. The Morgan fingerprint density at radius 3 is 2.34 bits per heavy atom. The summed E-state index contributed by atoms with van der Waals surface area (Å²) in [5.41, 5.74) is 15.8. The summed E-state index contributed by atoms with van der Waals surface area (Å²) < 4.78 is 3.66. The Labute approximate surface area is 206 Å². The number of aryl methyl sites for hydroxylation is 6. The van der Waals surface area contributed by atoms with Gasteiger partial charge in [-0.15, -0.1) is 0 Å². The Morgan fingerprint density at radius 2 is 1.66 bits per heavy atom. The lowest BCUT2D eigenvalue weighted by molar-refractivity contribution is 0.248. The van der Waals surface area contributed by atoms with Crippen molar-refractivity contribution < 1.29 is 4.79 Å². The number of fused-ring (bicyclic) bond motifs is 3. The molecule has 3 aromatic rings. The van der Waals surface area contributed by atoms with E-state index in [4.69, 9.17) is 10.7 Å². The zero-order valence-corrected chi connectivity index (χ0v) is 21.4. The number of primary amides is 1. The topological polar surface area (TPSA) is 94.4 Å². The summed E-state index contributed by atoms with van der Waals surface area (Å²) in [6, 6.07) is 10.2. The molecule has 4 rings (SSSR count). The van der Waals surface area contributed by atoms with Crippen molar-refractivity contribution in [2.75, 3.05) is 6.54 Å². The van der Waals surface area contributed by atoms with Crippen LogP contribution in [-0.4, -0.2) is 21.7 Å². The lowest BCUT2D eigenvalue weighted by atomic mass is 9.93. The molecule has 0 saturated carbocycles. The van der Waals surface area contributed by atoms with E-state index in [-0.39, 0.29) is 5.69 Å². The highest BCUT2D eigenvalue weighted by atomic mass is 16.2. The maximum absolute atomic E-state index is 13.8. The van der Waals surface area contributed by atoms with Gasteiger partial charge in [-0.3, -0.25) is 9.13 Å². The van der Waals surface area contributed by atoms with E-state index >= 15 is 0 Å². The molecule has 1 aliphatic heterocycles. The Morgan fingerprint density at radius 1 is 0.971 bits per heavy atom. The number of benzene rings is 2. The molecule has 35 heavy (non-hydrogen) atoms. The molecule has 0 fully saturated rings. The van der Waals surface area contributed by atoms with Crippen LogP contribution in [-0.2, 0) is 19.5 Å². The average Bonchev–Trinajstić information content (AvgIpc) is 2.78. The summed E-state index contributed by atoms with van der Waals surface area (Å²) in [4.78, 5) is 29.8. The van der Waals surface area contributed by atoms with Crippen LogP contribution in [0.25, 0.3) is 11.3 Å². The molecule has 1 aliphatic rings. The normalized spacial score (nSPS) is 12.9. The van der Waals surface area contributed by atoms with Gasteiger partial charge in [-0.2, -0.15) is 0 Å². The van der Waals surface area contributed by atoms with E-state index in [9.17, 15) is 9.59 Å². The lowest BCUT2D eigenvalue weighted by Gasteiger charge is -2.24. The van der Waals surface area contributed by atoms with Crippen LogP contribution in [0.4, 0.5) is 10.5 Å². The first-order valence-electron chi connectivity index (χ1n) is 12.3. The molecule has 184 valence electrons. The highest BCUT2D eigenvalue weighted by Crippen LogP contribution is 2.30. The molecule has 0 saturated heterocycles. The van der Waals surface area contributed by atoms with E-state index in [1.807, 2.05) is 4.57 Å². The second kappa shape index (κ2) is 9.94. The van der Waals surface area contributed by atoms with Crippen LogP contribution in [0.5, 0.6) is 0 Å². The SMILES string of the molecule is Cc1cc(C)c(N=c2cc3n(c(=O)n2CCCCNC(N)=O)CCc2cc(C)c(C)cc2-3)c(C)c1. The van der Waals surface area contributed by atoms with Crippen LogP contribution in [0.3, 0.4) is 0 Å². The number of hydrogen-bond donors (Lipinski definition) is 2. The third kappa shape index (κ3) is 5.09. The van der Waals surface area contributed by atoms with Crippen LogP contribution in [0.2, 0.25) is 0 Å². The van der Waals surface area contributed by atoms with E-state index < -0.39 is 6.03 Å². The second-order valence-electron chi connectivity index (χ2n) is 9.67. The minimum absolute atomic E-state index is 0.0459. The van der Waals surface area contributed by atoms with Gasteiger partial charge in [0.2, 0.25) is 0 Å². The molecule has 7 heteroatoms. The van der Waals surface area contributed by atoms with Crippen LogP contribution in [0.15, 0.2) is 40.1 Å². The Bertz CT molecular complexity index is 1410. The molecule has 3 N–H and O–H groups in total. The maximum Gasteiger partial charge on any atom is 0.330 e. The lowest BCUT2D eigenvalue weighted by Crippen LogP contribution is -2.42. The standard InChI is InChI=1S/C28H35N5O2/c1-17-12-20(4)26(21(5)13-17)31-25-16-24-23-15-19(3)18(2)14-22(23)8-11-32(24)28(35)33(25)10-7-6-9-30-27(29)34/h12-16H,6-11H2,1-5H3,(H3,29,30,34). The van der Waals surface area contributed by atoms with E-state index in [1.54, 1.807) is 4.57 Å². The average molecular weight is 474 g/mol. The number of unbranched alkanes of at least 4 members (excludes halogenated alkanes) is 1. The van der Waals surface area contributed by atoms with Gasteiger partial charge in [-0.25, -0.2) is 14.6 Å². The van der Waals surface area contributed by atoms with E-state index in [0.717, 1.165) is 47.3 Å². The fraction of sp³-hybridized carbons (Fsp3) is 0.393. The van der Waals surface area contributed by atoms with Crippen LogP contribution >= 0.6 is 0 Å². The number of amides is 2. The number of nitrogens with two attached hydrogens (primary N) is 1. The molecule has 0 aliphatic carbocycles. The van der Waals surface area contributed by atoms with Crippen molar-refractivity contribution in [1.82, 2.24) is 14.5 Å². The summed E-state index contributed by atoms with van der Waals surface area (Å²) in [5, 5.41) is 2.61. The van der Waals surface area contributed by atoms with Crippen LogP contribution in [0.1, 0.15) is 46.2 Å². The zero-order chi connectivity index (χ0) is 25.3. The molecule has 0 unspecified atom stereocenters. The highest BCUT2D eigenvalue weighted by Gasteiger charge is 2.20. The van der Waals surface area contributed by atoms with Gasteiger partial charge in [0.1, 0.15) is 5.49 Å². The third-order valence-corrected chi connectivity index (χ3v) is 6.86. The fourth-order valence-electron chi connectivity index (χ4n) is 4.99. The second-order valence-corrected chi connectivity index (χ2v) is 9.67. The van der Waals surface area contributed by atoms with Crippen molar-refractivity contribution in [3.05, 3.63) is 79.7 Å². The molecule has 1 aromatic heterocycles. The van der Waals surface area contributed by atoms with Crippen molar-refractivity contribution in [2.45, 2.75) is 67.0 Å². The third-order valence-electron chi connectivity index (χ3n) is 6.86. The van der Waals surface area contributed by atoms with Gasteiger partial charge >= 0.3 is 11.7 Å². The van der Waals surface area contributed by atoms with Gasteiger partial charge in [0.15, 0.2) is 0 Å². The molecule has 2 heterocycles. The number of nitrogens with zero attached hydrogens (tertiary/aromatic N) is 3. The van der Waals surface area contributed by atoms with E-state index in [2.05, 4.69) is 70.3 Å². The number of carbonyl (C=O) groups is 1. The summed E-state index contributed by atoms with van der Waals surface area (Å²) in [7, 11) is 0. The largest absolute Gasteiger partial charge is 0.352 e. The van der Waals surface area contributed by atoms with E-state index in [1.165, 1.54) is 22.3 Å². The van der Waals surface area contributed by atoms with Gasteiger partial charge in [0.05, 0.1) is 11.4 Å². The van der Waals surface area contributed by atoms with Gasteiger partial charge in [0.25, 0.3) is 0 Å². The quantitative estimate of drug-likeness (QED) is 0.528. The Kier molecular flexibility index (Phi) is 6.96. The first kappa shape index (κ1) is 24.5. The summed E-state index contributed by atoms with van der Waals surface area (Å²) in [6.07, 6.45) is 2.28. The molecule has 2 aromatic carbocycles. The summed E-state index contributed by atoms with van der Waals surface area (Å²) in [6.45, 7) is 12.1. The van der Waals surface area contributed by atoms with Crippen LogP contribution in [0, 0.1) is 34.6 Å². The van der Waals surface area contributed by atoms with Gasteiger partial charge < -0.3 is 11.1 Å². The Balaban J connectivity index is 1.87. The number of hydrogen-bond acceptors (Lipinski definition) is 3. The molecule has 0 atom stereocenters. The predicted molar refractivity (Wildman–Crippen MR) is 140 cm³/mol. The number of aromatic nitrogens is 2. The minimum atomic E-state index is -0.531. The molecule has 7 nitrogen and oxygen atoms in total. The molecule has 0 spiro atoms. The van der Waals surface area contributed by atoms with Crippen molar-refractivity contribution in [3.63, 3.8) is 0 Å². The first-order valence-corrected chi connectivity index (χ1v) is 12.3.